The normalized spacial score (nSPS) is 10.2. The summed E-state index contributed by atoms with van der Waals surface area (Å²) in [6.07, 6.45) is 0. The van der Waals surface area contributed by atoms with Gasteiger partial charge in [0.15, 0.2) is 11.5 Å². The van der Waals surface area contributed by atoms with Crippen LogP contribution in [0.5, 0.6) is 23.0 Å². The molecule has 0 unspecified atom stereocenters. The molecule has 4 aromatic rings. The monoisotopic (exact) mass is 470 g/mol. The van der Waals surface area contributed by atoms with Crippen LogP contribution in [0.15, 0.2) is 103 Å². The van der Waals surface area contributed by atoms with Gasteiger partial charge in [-0.2, -0.15) is 0 Å². The zero-order valence-electron chi connectivity index (χ0n) is 18.9. The molecule has 0 aliphatic rings. The third-order valence-electron chi connectivity index (χ3n) is 4.84. The van der Waals surface area contributed by atoms with Gasteiger partial charge in [-0.25, -0.2) is 9.68 Å². The number of carbonyl (C=O) groups excluding carboxylic acids is 2. The molecule has 4 aromatic carbocycles. The fraction of sp³-hybridized carbons (Fsp3) is 0.0714. The third kappa shape index (κ3) is 5.78. The number of hydrogen-bond donors (Lipinski definition) is 0. The maximum absolute atomic E-state index is 13.2. The van der Waals surface area contributed by atoms with Crippen LogP contribution in [-0.2, 0) is 4.89 Å². The van der Waals surface area contributed by atoms with Gasteiger partial charge in [0.2, 0.25) is 17.2 Å². The average molecular weight is 470 g/mol. The molecular formula is C28H22O7. The molecular weight excluding hydrogens is 448 g/mol. The van der Waals surface area contributed by atoms with E-state index in [4.69, 9.17) is 24.3 Å². The summed E-state index contributed by atoms with van der Waals surface area (Å²) in [6.45, 7) is 2.29. The van der Waals surface area contributed by atoms with Crippen LogP contribution in [0.3, 0.4) is 0 Å². The van der Waals surface area contributed by atoms with Gasteiger partial charge in [0.05, 0.1) is 17.7 Å². The van der Waals surface area contributed by atoms with E-state index in [-0.39, 0.29) is 28.4 Å². The Balaban J connectivity index is 1.63. The lowest BCUT2D eigenvalue weighted by Gasteiger charge is -2.14. The van der Waals surface area contributed by atoms with Crippen LogP contribution in [0.4, 0.5) is 0 Å². The summed E-state index contributed by atoms with van der Waals surface area (Å²) in [5.41, 5.74) is 0.825. The molecule has 0 N–H and O–H groups in total. The molecule has 0 aliphatic carbocycles. The van der Waals surface area contributed by atoms with E-state index >= 15 is 0 Å². The van der Waals surface area contributed by atoms with Gasteiger partial charge < -0.3 is 4.74 Å². The summed E-state index contributed by atoms with van der Waals surface area (Å²) in [5.74, 6) is -0.373. The number of hydrogen-bond acceptors (Lipinski definition) is 7. The van der Waals surface area contributed by atoms with E-state index < -0.39 is 5.97 Å². The van der Waals surface area contributed by atoms with Crippen molar-refractivity contribution in [3.05, 3.63) is 120 Å². The molecule has 7 heteroatoms. The maximum Gasteiger partial charge on any atom is 0.386 e. The summed E-state index contributed by atoms with van der Waals surface area (Å²) in [6, 6.07) is 28.6. The van der Waals surface area contributed by atoms with Crippen LogP contribution < -0.4 is 19.4 Å². The minimum Gasteiger partial charge on any atom is -0.490 e. The first kappa shape index (κ1) is 23.4. The highest BCUT2D eigenvalue weighted by atomic mass is 17.2. The van der Waals surface area contributed by atoms with Gasteiger partial charge >= 0.3 is 5.97 Å². The highest BCUT2D eigenvalue weighted by Crippen LogP contribution is 2.35. The molecule has 0 aliphatic heterocycles. The number of carbonyl (C=O) groups is 2. The minimum absolute atomic E-state index is 0.0268. The van der Waals surface area contributed by atoms with Crippen molar-refractivity contribution in [3.63, 3.8) is 0 Å². The second-order valence-electron chi connectivity index (χ2n) is 7.19. The van der Waals surface area contributed by atoms with Crippen molar-refractivity contribution in [1.82, 2.24) is 0 Å². The summed E-state index contributed by atoms with van der Waals surface area (Å²) in [7, 11) is 0. The van der Waals surface area contributed by atoms with E-state index in [1.165, 1.54) is 6.07 Å². The van der Waals surface area contributed by atoms with Crippen molar-refractivity contribution >= 4 is 11.8 Å². The van der Waals surface area contributed by atoms with Crippen molar-refractivity contribution in [2.24, 2.45) is 0 Å². The quantitative estimate of drug-likeness (QED) is 0.164. The number of benzene rings is 4. The molecule has 4 rings (SSSR count). The van der Waals surface area contributed by atoms with Gasteiger partial charge in [-0.1, -0.05) is 66.7 Å². The predicted octanol–water partition coefficient (Wildman–Crippen LogP) is 5.84. The zero-order valence-corrected chi connectivity index (χ0v) is 18.9. The Bertz CT molecular complexity index is 1290. The van der Waals surface area contributed by atoms with E-state index in [0.29, 0.717) is 23.7 Å². The SMILES string of the molecule is CCOc1ccccc1OOc1cccc(C(=O)c2ccccc2)c1OOC(=O)c1ccccc1. The van der Waals surface area contributed by atoms with Crippen LogP contribution in [0.25, 0.3) is 0 Å². The Hall–Kier alpha value is -4.78. The largest absolute Gasteiger partial charge is 0.490 e. The second kappa shape index (κ2) is 11.4. The van der Waals surface area contributed by atoms with Gasteiger partial charge in [-0.05, 0) is 43.3 Å². The summed E-state index contributed by atoms with van der Waals surface area (Å²) >= 11 is 0. The average Bonchev–Trinajstić information content (AvgIpc) is 2.92. The molecule has 0 bridgehead atoms. The Morgan fingerprint density at radius 2 is 1.17 bits per heavy atom. The smallest absolute Gasteiger partial charge is 0.386 e. The van der Waals surface area contributed by atoms with Crippen molar-refractivity contribution in [3.8, 4) is 23.0 Å². The first-order valence-electron chi connectivity index (χ1n) is 10.9. The fourth-order valence-electron chi connectivity index (χ4n) is 3.18. The molecule has 0 spiro atoms. The summed E-state index contributed by atoms with van der Waals surface area (Å²) in [5, 5.41) is 0. The molecule has 0 saturated carbocycles. The Morgan fingerprint density at radius 3 is 1.86 bits per heavy atom. The van der Waals surface area contributed by atoms with Gasteiger partial charge in [-0.15, -0.1) is 0 Å². The van der Waals surface area contributed by atoms with Crippen LogP contribution in [0.2, 0.25) is 0 Å². The first-order chi connectivity index (χ1) is 17.2. The Labute approximate surface area is 202 Å². The van der Waals surface area contributed by atoms with Crippen LogP contribution >= 0.6 is 0 Å². The molecule has 176 valence electrons. The molecule has 7 nitrogen and oxygen atoms in total. The number of ketones is 1. The summed E-state index contributed by atoms with van der Waals surface area (Å²) < 4.78 is 5.54. The van der Waals surface area contributed by atoms with E-state index in [1.807, 2.05) is 6.92 Å². The standard InChI is InChI=1S/C28H22O7/c1-2-31-23-17-9-10-18-24(23)32-33-25-19-11-16-22(26(29)20-12-5-3-6-13-20)27(25)34-35-28(30)21-14-7-4-8-15-21/h3-19H,2H2,1H3. The molecule has 0 aromatic heterocycles. The summed E-state index contributed by atoms with van der Waals surface area (Å²) in [4.78, 5) is 47.1. The predicted molar refractivity (Wildman–Crippen MR) is 128 cm³/mol. The van der Waals surface area contributed by atoms with E-state index in [0.717, 1.165) is 0 Å². The lowest BCUT2D eigenvalue weighted by molar-refractivity contribution is -0.159. The molecule has 0 saturated heterocycles. The zero-order chi connectivity index (χ0) is 24.5. The molecule has 0 amide bonds. The van der Waals surface area contributed by atoms with Crippen LogP contribution in [0, 0.1) is 0 Å². The maximum atomic E-state index is 13.2. The van der Waals surface area contributed by atoms with Crippen LogP contribution in [-0.4, -0.2) is 18.4 Å². The van der Waals surface area contributed by atoms with Gasteiger partial charge in [0.25, 0.3) is 0 Å². The van der Waals surface area contributed by atoms with Gasteiger partial charge in [-0.3, -0.25) is 19.5 Å². The van der Waals surface area contributed by atoms with E-state index in [1.54, 1.807) is 97.1 Å². The van der Waals surface area contributed by atoms with Crippen molar-refractivity contribution in [2.45, 2.75) is 6.92 Å². The highest BCUT2D eigenvalue weighted by molar-refractivity contribution is 6.11. The number of rotatable bonds is 10. The molecule has 0 heterocycles. The van der Waals surface area contributed by atoms with Gasteiger partial charge in [0.1, 0.15) is 0 Å². The fourth-order valence-corrected chi connectivity index (χ4v) is 3.18. The molecule has 35 heavy (non-hydrogen) atoms. The van der Waals surface area contributed by atoms with E-state index in [9.17, 15) is 9.59 Å². The molecule has 0 fully saturated rings. The lowest BCUT2D eigenvalue weighted by Crippen LogP contribution is -2.13. The molecule has 0 atom stereocenters. The topological polar surface area (TPSA) is 80.3 Å². The van der Waals surface area contributed by atoms with Gasteiger partial charge in [0, 0.05) is 5.56 Å². The lowest BCUT2D eigenvalue weighted by atomic mass is 10.0. The third-order valence-corrected chi connectivity index (χ3v) is 4.84. The molecule has 0 radical (unpaired) electrons. The van der Waals surface area contributed by atoms with Crippen molar-refractivity contribution in [1.29, 1.82) is 0 Å². The number of para-hydroxylation sites is 3. The number of ether oxygens (including phenoxy) is 1. The first-order valence-corrected chi connectivity index (χ1v) is 10.9. The Kier molecular flexibility index (Phi) is 7.60. The van der Waals surface area contributed by atoms with E-state index in [2.05, 4.69) is 0 Å². The van der Waals surface area contributed by atoms with Crippen LogP contribution in [0.1, 0.15) is 33.2 Å². The minimum atomic E-state index is -0.735. The Morgan fingerprint density at radius 1 is 0.600 bits per heavy atom. The van der Waals surface area contributed by atoms with Crippen molar-refractivity contribution < 1.29 is 33.9 Å². The second-order valence-corrected chi connectivity index (χ2v) is 7.19. The van der Waals surface area contributed by atoms with Crippen molar-refractivity contribution in [2.75, 3.05) is 6.61 Å². The highest BCUT2D eigenvalue weighted by Gasteiger charge is 2.23.